The number of rotatable bonds is 2. The van der Waals surface area contributed by atoms with Crippen molar-refractivity contribution in [3.8, 4) is 23.4 Å². The van der Waals surface area contributed by atoms with Gasteiger partial charge >= 0.3 is 0 Å². The summed E-state index contributed by atoms with van der Waals surface area (Å²) in [5.74, 6) is 0.601. The molecular formula is C19H19N5. The standard InChI is InChI=1S/C19H19N5/c1-13-5-7-14(8-6-13)18-15(11-20)17(22)16(12-21)19(23-18)24-9-3-2-4-10-24/h5-8H,2-4,9-10H2,1H3,(H2,22,23). The van der Waals surface area contributed by atoms with Crippen LogP contribution in [0.2, 0.25) is 0 Å². The lowest BCUT2D eigenvalue weighted by Gasteiger charge is -2.29. The molecule has 0 atom stereocenters. The summed E-state index contributed by atoms with van der Waals surface area (Å²) in [4.78, 5) is 6.81. The third kappa shape index (κ3) is 2.77. The molecule has 0 saturated carbocycles. The van der Waals surface area contributed by atoms with Gasteiger partial charge in [-0.15, -0.1) is 0 Å². The number of anilines is 2. The van der Waals surface area contributed by atoms with E-state index in [0.29, 0.717) is 17.1 Å². The number of pyridine rings is 1. The summed E-state index contributed by atoms with van der Waals surface area (Å²) in [7, 11) is 0. The molecule has 1 aliphatic rings. The van der Waals surface area contributed by atoms with Crippen molar-refractivity contribution in [3.05, 3.63) is 41.0 Å². The summed E-state index contributed by atoms with van der Waals surface area (Å²) in [6.07, 6.45) is 3.34. The van der Waals surface area contributed by atoms with Crippen LogP contribution >= 0.6 is 0 Å². The molecule has 0 radical (unpaired) electrons. The van der Waals surface area contributed by atoms with Crippen LogP contribution in [0, 0.1) is 29.6 Å². The van der Waals surface area contributed by atoms with E-state index in [-0.39, 0.29) is 11.3 Å². The number of nitriles is 2. The van der Waals surface area contributed by atoms with E-state index in [1.54, 1.807) is 0 Å². The van der Waals surface area contributed by atoms with Crippen LogP contribution in [-0.4, -0.2) is 18.1 Å². The maximum atomic E-state index is 9.54. The number of benzene rings is 1. The van der Waals surface area contributed by atoms with Gasteiger partial charge in [0.25, 0.3) is 0 Å². The second-order valence-electron chi connectivity index (χ2n) is 6.09. The van der Waals surface area contributed by atoms with Gasteiger partial charge in [0.2, 0.25) is 0 Å². The average molecular weight is 317 g/mol. The third-order valence-corrected chi connectivity index (χ3v) is 4.42. The minimum absolute atomic E-state index is 0.228. The van der Waals surface area contributed by atoms with E-state index in [2.05, 4.69) is 17.0 Å². The summed E-state index contributed by atoms with van der Waals surface area (Å²) in [6, 6.07) is 12.1. The van der Waals surface area contributed by atoms with Crippen LogP contribution in [-0.2, 0) is 0 Å². The van der Waals surface area contributed by atoms with Crippen molar-refractivity contribution in [2.75, 3.05) is 23.7 Å². The quantitative estimate of drug-likeness (QED) is 0.917. The molecule has 24 heavy (non-hydrogen) atoms. The van der Waals surface area contributed by atoms with Gasteiger partial charge in [0.1, 0.15) is 29.1 Å². The largest absolute Gasteiger partial charge is 0.396 e. The molecule has 1 aliphatic heterocycles. The van der Waals surface area contributed by atoms with E-state index in [1.807, 2.05) is 31.2 Å². The molecule has 0 aliphatic carbocycles. The summed E-state index contributed by atoms with van der Waals surface area (Å²) < 4.78 is 0. The predicted octanol–water partition coefficient (Wildman–Crippen LogP) is 3.37. The van der Waals surface area contributed by atoms with Crippen LogP contribution in [0.3, 0.4) is 0 Å². The Morgan fingerprint density at radius 2 is 1.62 bits per heavy atom. The van der Waals surface area contributed by atoms with Crippen LogP contribution in [0.15, 0.2) is 24.3 Å². The average Bonchev–Trinajstić information content (AvgIpc) is 2.62. The first kappa shape index (κ1) is 15.8. The highest BCUT2D eigenvalue weighted by molar-refractivity contribution is 5.82. The van der Waals surface area contributed by atoms with Crippen molar-refractivity contribution in [1.29, 1.82) is 10.5 Å². The zero-order valence-electron chi connectivity index (χ0n) is 13.7. The lowest BCUT2D eigenvalue weighted by molar-refractivity contribution is 0.573. The summed E-state index contributed by atoms with van der Waals surface area (Å²) in [5, 5.41) is 19.1. The highest BCUT2D eigenvalue weighted by Crippen LogP contribution is 2.34. The van der Waals surface area contributed by atoms with Gasteiger partial charge in [0, 0.05) is 18.7 Å². The smallest absolute Gasteiger partial charge is 0.149 e. The van der Waals surface area contributed by atoms with Crippen molar-refractivity contribution < 1.29 is 0 Å². The van der Waals surface area contributed by atoms with Gasteiger partial charge in [-0.25, -0.2) is 4.98 Å². The molecule has 0 spiro atoms. The number of piperidine rings is 1. The highest BCUT2D eigenvalue weighted by Gasteiger charge is 2.23. The Morgan fingerprint density at radius 1 is 1.00 bits per heavy atom. The summed E-state index contributed by atoms with van der Waals surface area (Å²) in [6.45, 7) is 3.73. The van der Waals surface area contributed by atoms with Crippen LogP contribution in [0.4, 0.5) is 11.5 Å². The molecule has 1 aromatic carbocycles. The molecule has 1 fully saturated rings. The Bertz CT molecular complexity index is 834. The van der Waals surface area contributed by atoms with Crippen molar-refractivity contribution in [2.45, 2.75) is 26.2 Å². The molecule has 0 bridgehead atoms. The van der Waals surface area contributed by atoms with E-state index in [9.17, 15) is 10.5 Å². The Balaban J connectivity index is 2.21. The second kappa shape index (κ2) is 6.60. The van der Waals surface area contributed by atoms with Gasteiger partial charge in [-0.2, -0.15) is 10.5 Å². The molecule has 5 nitrogen and oxygen atoms in total. The van der Waals surface area contributed by atoms with Crippen LogP contribution in [0.5, 0.6) is 0 Å². The molecule has 5 heteroatoms. The topological polar surface area (TPSA) is 89.7 Å². The van der Waals surface area contributed by atoms with Gasteiger partial charge in [-0.3, -0.25) is 0 Å². The highest BCUT2D eigenvalue weighted by atomic mass is 15.2. The minimum Gasteiger partial charge on any atom is -0.396 e. The number of hydrogen-bond acceptors (Lipinski definition) is 5. The van der Waals surface area contributed by atoms with Crippen molar-refractivity contribution >= 4 is 11.5 Å². The first-order valence-electron chi connectivity index (χ1n) is 8.11. The van der Waals surface area contributed by atoms with Crippen LogP contribution < -0.4 is 10.6 Å². The Hall–Kier alpha value is -3.05. The zero-order valence-corrected chi connectivity index (χ0v) is 13.7. The summed E-state index contributed by atoms with van der Waals surface area (Å²) in [5.41, 5.74) is 9.50. The molecule has 2 N–H and O–H groups in total. The fourth-order valence-corrected chi connectivity index (χ4v) is 3.07. The van der Waals surface area contributed by atoms with Crippen LogP contribution in [0.25, 0.3) is 11.3 Å². The van der Waals surface area contributed by atoms with Gasteiger partial charge in [-0.1, -0.05) is 29.8 Å². The third-order valence-electron chi connectivity index (χ3n) is 4.42. The van der Waals surface area contributed by atoms with Gasteiger partial charge in [-0.05, 0) is 26.2 Å². The number of nitrogens with zero attached hydrogens (tertiary/aromatic N) is 4. The molecular weight excluding hydrogens is 298 g/mol. The lowest BCUT2D eigenvalue weighted by Crippen LogP contribution is -2.31. The van der Waals surface area contributed by atoms with Gasteiger partial charge in [0.15, 0.2) is 0 Å². The van der Waals surface area contributed by atoms with E-state index >= 15 is 0 Å². The zero-order chi connectivity index (χ0) is 17.1. The Kier molecular flexibility index (Phi) is 4.35. The number of nitrogens with two attached hydrogens (primary N) is 1. The fourth-order valence-electron chi connectivity index (χ4n) is 3.07. The monoisotopic (exact) mass is 317 g/mol. The molecule has 120 valence electrons. The number of aromatic nitrogens is 1. The fraction of sp³-hybridized carbons (Fsp3) is 0.316. The first-order chi connectivity index (χ1) is 11.7. The lowest BCUT2D eigenvalue weighted by atomic mass is 10.0. The molecule has 1 aromatic heterocycles. The summed E-state index contributed by atoms with van der Waals surface area (Å²) >= 11 is 0. The van der Waals surface area contributed by atoms with Gasteiger partial charge in [0.05, 0.1) is 11.4 Å². The van der Waals surface area contributed by atoms with E-state index in [0.717, 1.165) is 37.1 Å². The van der Waals surface area contributed by atoms with Crippen molar-refractivity contribution in [3.63, 3.8) is 0 Å². The number of aryl methyl sites for hydroxylation is 1. The van der Waals surface area contributed by atoms with Crippen molar-refractivity contribution in [1.82, 2.24) is 4.98 Å². The first-order valence-corrected chi connectivity index (χ1v) is 8.11. The molecule has 2 heterocycles. The maximum absolute atomic E-state index is 9.54. The van der Waals surface area contributed by atoms with Crippen LogP contribution in [0.1, 0.15) is 36.0 Å². The SMILES string of the molecule is Cc1ccc(-c2nc(N3CCCCC3)c(C#N)c(N)c2C#N)cc1. The van der Waals surface area contributed by atoms with Gasteiger partial charge < -0.3 is 10.6 Å². The van der Waals surface area contributed by atoms with E-state index in [1.165, 1.54) is 6.42 Å². The van der Waals surface area contributed by atoms with Crippen molar-refractivity contribution in [2.24, 2.45) is 0 Å². The molecule has 1 saturated heterocycles. The molecule has 0 unspecified atom stereocenters. The number of hydrogen-bond donors (Lipinski definition) is 1. The Morgan fingerprint density at radius 3 is 2.21 bits per heavy atom. The Labute approximate surface area is 142 Å². The van der Waals surface area contributed by atoms with E-state index < -0.39 is 0 Å². The molecule has 3 rings (SSSR count). The molecule has 2 aromatic rings. The van der Waals surface area contributed by atoms with E-state index in [4.69, 9.17) is 10.7 Å². The minimum atomic E-state index is 0.228. The predicted molar refractivity (Wildman–Crippen MR) is 94.3 cm³/mol. The second-order valence-corrected chi connectivity index (χ2v) is 6.09. The normalized spacial score (nSPS) is 14.0. The molecule has 0 amide bonds. The number of nitrogen functional groups attached to an aromatic ring is 1. The maximum Gasteiger partial charge on any atom is 0.149 e.